The van der Waals surface area contributed by atoms with Gasteiger partial charge in [-0.3, -0.25) is 9.52 Å². The number of carbonyl (C=O) groups is 1. The highest BCUT2D eigenvalue weighted by Crippen LogP contribution is 2.26. The second kappa shape index (κ2) is 5.64. The minimum Gasteiger partial charge on any atom is -0.294 e. The number of benzene rings is 2. The second-order valence-corrected chi connectivity index (χ2v) is 6.23. The van der Waals surface area contributed by atoms with Crippen LogP contribution in [0.4, 0.5) is 5.69 Å². The minimum atomic E-state index is -3.75. The van der Waals surface area contributed by atoms with Crippen LogP contribution in [0.5, 0.6) is 0 Å². The van der Waals surface area contributed by atoms with Crippen LogP contribution in [-0.4, -0.2) is 14.2 Å². The van der Waals surface area contributed by atoms with Crippen LogP contribution >= 0.6 is 11.6 Å². The van der Waals surface area contributed by atoms with Crippen molar-refractivity contribution in [1.29, 1.82) is 0 Å². The maximum Gasteiger partial charge on any atom is 0.261 e. The number of carbonyl (C=O) groups excluding carboxylic acids is 1. The third-order valence-electron chi connectivity index (χ3n) is 2.66. The van der Waals surface area contributed by atoms with Crippen molar-refractivity contribution in [1.82, 2.24) is 0 Å². The van der Waals surface area contributed by atoms with Crippen LogP contribution in [0.1, 0.15) is 17.3 Å². The largest absolute Gasteiger partial charge is 0.294 e. The summed E-state index contributed by atoms with van der Waals surface area (Å²) in [6.07, 6.45) is 0. The smallest absolute Gasteiger partial charge is 0.261 e. The molecule has 0 saturated heterocycles. The fourth-order valence-corrected chi connectivity index (χ4v) is 3.17. The van der Waals surface area contributed by atoms with Crippen LogP contribution in [0, 0.1) is 0 Å². The van der Waals surface area contributed by atoms with Gasteiger partial charge in [0.1, 0.15) is 0 Å². The van der Waals surface area contributed by atoms with Gasteiger partial charge in [-0.1, -0.05) is 35.9 Å². The van der Waals surface area contributed by atoms with E-state index >= 15 is 0 Å². The van der Waals surface area contributed by atoms with Gasteiger partial charge in [0.05, 0.1) is 21.2 Å². The molecule has 2 aromatic carbocycles. The Kier molecular flexibility index (Phi) is 4.11. The van der Waals surface area contributed by atoms with Gasteiger partial charge in [-0.25, -0.2) is 8.42 Å². The fraction of sp³-hybridized carbons (Fsp3) is 0.0714. The molecule has 0 aliphatic carbocycles. The number of nitrogens with one attached hydrogen (secondary N) is 1. The Morgan fingerprint density at radius 1 is 1.05 bits per heavy atom. The molecule has 6 heteroatoms. The summed E-state index contributed by atoms with van der Waals surface area (Å²) >= 11 is 5.94. The third kappa shape index (κ3) is 3.00. The van der Waals surface area contributed by atoms with E-state index in [1.807, 2.05) is 0 Å². The van der Waals surface area contributed by atoms with E-state index in [9.17, 15) is 13.2 Å². The Hall–Kier alpha value is -1.85. The summed E-state index contributed by atoms with van der Waals surface area (Å²) in [6, 6.07) is 12.5. The molecule has 0 saturated carbocycles. The first kappa shape index (κ1) is 14.6. The molecule has 1 N–H and O–H groups in total. The molecule has 0 amide bonds. The molecule has 20 heavy (non-hydrogen) atoms. The highest BCUT2D eigenvalue weighted by molar-refractivity contribution is 7.92. The highest BCUT2D eigenvalue weighted by Gasteiger charge is 2.18. The van der Waals surface area contributed by atoms with Gasteiger partial charge in [0.15, 0.2) is 5.78 Å². The van der Waals surface area contributed by atoms with E-state index in [0.717, 1.165) is 0 Å². The Labute approximate surface area is 122 Å². The van der Waals surface area contributed by atoms with E-state index in [-0.39, 0.29) is 27.0 Å². The molecule has 104 valence electrons. The summed E-state index contributed by atoms with van der Waals surface area (Å²) in [4.78, 5) is 11.7. The van der Waals surface area contributed by atoms with Crippen LogP contribution in [0.25, 0.3) is 0 Å². The highest BCUT2D eigenvalue weighted by atomic mass is 35.5. The topological polar surface area (TPSA) is 63.2 Å². The molecule has 0 aliphatic rings. The Balaban J connectivity index is 2.46. The molecule has 0 heterocycles. The quantitative estimate of drug-likeness (QED) is 0.881. The van der Waals surface area contributed by atoms with E-state index < -0.39 is 10.0 Å². The van der Waals surface area contributed by atoms with Crippen molar-refractivity contribution < 1.29 is 13.2 Å². The average molecular weight is 310 g/mol. The molecule has 0 spiro atoms. The van der Waals surface area contributed by atoms with Gasteiger partial charge in [0.2, 0.25) is 0 Å². The second-order valence-electron chi connectivity index (χ2n) is 4.14. The predicted octanol–water partition coefficient (Wildman–Crippen LogP) is 3.34. The molecule has 0 aromatic heterocycles. The lowest BCUT2D eigenvalue weighted by molar-refractivity contribution is 0.101. The van der Waals surface area contributed by atoms with E-state index in [1.165, 1.54) is 25.1 Å². The lowest BCUT2D eigenvalue weighted by Crippen LogP contribution is -2.15. The Morgan fingerprint density at radius 2 is 1.70 bits per heavy atom. The molecular formula is C14H12ClNO3S. The third-order valence-corrected chi connectivity index (χ3v) is 4.36. The normalized spacial score (nSPS) is 11.1. The van der Waals surface area contributed by atoms with Gasteiger partial charge < -0.3 is 0 Å². The molecular weight excluding hydrogens is 298 g/mol. The number of hydrogen-bond acceptors (Lipinski definition) is 3. The molecule has 2 aromatic rings. The van der Waals surface area contributed by atoms with Gasteiger partial charge in [-0.05, 0) is 31.2 Å². The summed E-state index contributed by atoms with van der Waals surface area (Å²) in [5, 5.41) is 0.214. The van der Waals surface area contributed by atoms with Crippen LogP contribution in [-0.2, 0) is 10.0 Å². The van der Waals surface area contributed by atoms with Crippen molar-refractivity contribution >= 4 is 33.1 Å². The molecule has 4 nitrogen and oxygen atoms in total. The number of rotatable bonds is 4. The number of hydrogen-bond donors (Lipinski definition) is 1. The average Bonchev–Trinajstić information content (AvgIpc) is 2.39. The molecule has 2 rings (SSSR count). The maximum absolute atomic E-state index is 12.2. The van der Waals surface area contributed by atoms with Gasteiger partial charge in [0.25, 0.3) is 10.0 Å². The van der Waals surface area contributed by atoms with Crippen molar-refractivity contribution in [2.45, 2.75) is 11.8 Å². The van der Waals surface area contributed by atoms with Gasteiger partial charge in [0, 0.05) is 0 Å². The molecule has 0 atom stereocenters. The summed E-state index contributed by atoms with van der Waals surface area (Å²) in [6.45, 7) is 1.33. The minimum absolute atomic E-state index is 0.120. The number of ketones is 1. The number of Topliss-reactive ketones (excluding diaryl/α,β-unsaturated/α-hetero) is 1. The van der Waals surface area contributed by atoms with Gasteiger partial charge in [-0.2, -0.15) is 0 Å². The van der Waals surface area contributed by atoms with Crippen molar-refractivity contribution in [3.8, 4) is 0 Å². The van der Waals surface area contributed by atoms with Crippen molar-refractivity contribution in [3.63, 3.8) is 0 Å². The van der Waals surface area contributed by atoms with E-state index in [4.69, 9.17) is 11.6 Å². The molecule has 0 aliphatic heterocycles. The van der Waals surface area contributed by atoms with Crippen molar-refractivity contribution in [3.05, 3.63) is 59.1 Å². The van der Waals surface area contributed by atoms with Crippen molar-refractivity contribution in [2.24, 2.45) is 0 Å². The SMILES string of the molecule is CC(=O)c1c(Cl)cccc1NS(=O)(=O)c1ccccc1. The Bertz CT molecular complexity index is 742. The predicted molar refractivity (Wildman–Crippen MR) is 78.7 cm³/mol. The van der Waals surface area contributed by atoms with Crippen LogP contribution in [0.15, 0.2) is 53.4 Å². The lowest BCUT2D eigenvalue weighted by atomic mass is 10.1. The van der Waals surface area contributed by atoms with Gasteiger partial charge >= 0.3 is 0 Å². The monoisotopic (exact) mass is 309 g/mol. The summed E-state index contributed by atoms with van der Waals surface area (Å²) in [5.74, 6) is -0.304. The maximum atomic E-state index is 12.2. The summed E-state index contributed by atoms with van der Waals surface area (Å²) in [5.41, 5.74) is 0.336. The van der Waals surface area contributed by atoms with Crippen LogP contribution in [0.2, 0.25) is 5.02 Å². The molecule has 0 fully saturated rings. The fourth-order valence-electron chi connectivity index (χ4n) is 1.77. The van der Waals surface area contributed by atoms with E-state index in [0.29, 0.717) is 0 Å². The zero-order valence-electron chi connectivity index (χ0n) is 10.6. The summed E-state index contributed by atoms with van der Waals surface area (Å²) < 4.78 is 26.8. The zero-order valence-corrected chi connectivity index (χ0v) is 12.2. The number of halogens is 1. The molecule has 0 bridgehead atoms. The molecule has 0 radical (unpaired) electrons. The number of anilines is 1. The molecule has 0 unspecified atom stereocenters. The van der Waals surface area contributed by atoms with Crippen LogP contribution in [0.3, 0.4) is 0 Å². The van der Waals surface area contributed by atoms with E-state index in [2.05, 4.69) is 4.72 Å². The standard InChI is InChI=1S/C14H12ClNO3S/c1-10(17)14-12(15)8-5-9-13(14)16-20(18,19)11-6-3-2-4-7-11/h2-9,16H,1H3. The lowest BCUT2D eigenvalue weighted by Gasteiger charge is -2.12. The first-order valence-corrected chi connectivity index (χ1v) is 7.65. The van der Waals surface area contributed by atoms with Crippen molar-refractivity contribution in [2.75, 3.05) is 4.72 Å². The summed E-state index contributed by atoms with van der Waals surface area (Å²) in [7, 11) is -3.75. The van der Waals surface area contributed by atoms with Gasteiger partial charge in [-0.15, -0.1) is 0 Å². The van der Waals surface area contributed by atoms with E-state index in [1.54, 1.807) is 30.3 Å². The zero-order chi connectivity index (χ0) is 14.8. The Morgan fingerprint density at radius 3 is 2.30 bits per heavy atom. The number of sulfonamides is 1. The van der Waals surface area contributed by atoms with Crippen LogP contribution < -0.4 is 4.72 Å². The first-order chi connectivity index (χ1) is 9.42. The first-order valence-electron chi connectivity index (χ1n) is 5.79.